The lowest BCUT2D eigenvalue weighted by atomic mass is 9.98. The molecule has 3 rings (SSSR count). The Balaban J connectivity index is 1.67. The molecule has 27 heavy (non-hydrogen) atoms. The van der Waals surface area contributed by atoms with Gasteiger partial charge >= 0.3 is 0 Å². The number of methoxy groups -OCH3 is 1. The number of carbonyl (C=O) groups is 1. The van der Waals surface area contributed by atoms with Crippen molar-refractivity contribution in [3.63, 3.8) is 0 Å². The molecule has 1 fully saturated rings. The van der Waals surface area contributed by atoms with E-state index in [1.807, 2.05) is 35.8 Å². The highest BCUT2D eigenvalue weighted by Gasteiger charge is 2.42. The van der Waals surface area contributed by atoms with Gasteiger partial charge in [0.05, 0.1) is 18.9 Å². The normalized spacial score (nSPS) is 15.6. The van der Waals surface area contributed by atoms with Gasteiger partial charge in [-0.3, -0.25) is 4.79 Å². The van der Waals surface area contributed by atoms with E-state index in [1.165, 1.54) is 11.8 Å². The number of nitrogens with zero attached hydrogens (tertiary/aromatic N) is 4. The standard InChI is InChI=1S/C19H23N5O2S/c1-4-24-17(13-5-9-15(26-3)10-6-13)22-23-18(24)27-11-16(25)21-19(2,12-20)14-7-8-14/h5-6,9-10,14H,4,7-8,11H2,1-3H3,(H,21,25)/t19-/m1/s1. The molecule has 142 valence electrons. The predicted molar refractivity (Wildman–Crippen MR) is 103 cm³/mol. The fourth-order valence-electron chi connectivity index (χ4n) is 2.97. The van der Waals surface area contributed by atoms with Gasteiger partial charge in [-0.15, -0.1) is 10.2 Å². The van der Waals surface area contributed by atoms with Gasteiger partial charge in [0.25, 0.3) is 0 Å². The molecule has 0 spiro atoms. The molecule has 0 unspecified atom stereocenters. The Labute approximate surface area is 163 Å². The van der Waals surface area contributed by atoms with E-state index >= 15 is 0 Å². The Kier molecular flexibility index (Phi) is 5.71. The van der Waals surface area contributed by atoms with Crippen LogP contribution in [0.25, 0.3) is 11.4 Å². The van der Waals surface area contributed by atoms with Crippen LogP contribution in [-0.4, -0.2) is 39.1 Å². The van der Waals surface area contributed by atoms with Crippen LogP contribution in [0.3, 0.4) is 0 Å². The maximum Gasteiger partial charge on any atom is 0.231 e. The van der Waals surface area contributed by atoms with Crippen LogP contribution in [0, 0.1) is 17.2 Å². The number of ether oxygens (including phenoxy) is 1. The number of nitrogens with one attached hydrogen (secondary N) is 1. The molecule has 8 heteroatoms. The molecule has 1 atom stereocenters. The van der Waals surface area contributed by atoms with Crippen LogP contribution in [-0.2, 0) is 11.3 Å². The number of aromatic nitrogens is 3. The maximum absolute atomic E-state index is 12.3. The minimum absolute atomic E-state index is 0.160. The zero-order valence-electron chi connectivity index (χ0n) is 15.7. The molecule has 1 heterocycles. The second kappa shape index (κ2) is 8.01. The molecule has 0 bridgehead atoms. The summed E-state index contributed by atoms with van der Waals surface area (Å²) in [4.78, 5) is 12.3. The predicted octanol–water partition coefficient (Wildman–Crippen LogP) is 2.87. The van der Waals surface area contributed by atoms with Crippen LogP contribution >= 0.6 is 11.8 Å². The molecule has 1 aromatic heterocycles. The lowest BCUT2D eigenvalue weighted by Gasteiger charge is -2.22. The third kappa shape index (κ3) is 4.25. The molecule has 1 amide bonds. The average Bonchev–Trinajstić information content (AvgIpc) is 3.47. The van der Waals surface area contributed by atoms with Crippen molar-refractivity contribution < 1.29 is 9.53 Å². The fraction of sp³-hybridized carbons (Fsp3) is 0.474. The van der Waals surface area contributed by atoms with E-state index < -0.39 is 5.54 Å². The Hall–Kier alpha value is -2.53. The molecular weight excluding hydrogens is 362 g/mol. The highest BCUT2D eigenvalue weighted by molar-refractivity contribution is 7.99. The topological polar surface area (TPSA) is 92.8 Å². The first-order valence-electron chi connectivity index (χ1n) is 8.93. The molecule has 7 nitrogen and oxygen atoms in total. The fourth-order valence-corrected chi connectivity index (χ4v) is 3.77. The molecule has 0 aliphatic heterocycles. The van der Waals surface area contributed by atoms with Crippen molar-refractivity contribution in [1.29, 1.82) is 5.26 Å². The summed E-state index contributed by atoms with van der Waals surface area (Å²) in [5, 5.41) is 21.5. The van der Waals surface area contributed by atoms with Crippen molar-refractivity contribution in [1.82, 2.24) is 20.1 Å². The number of hydrogen-bond acceptors (Lipinski definition) is 6. The van der Waals surface area contributed by atoms with E-state index in [1.54, 1.807) is 14.0 Å². The number of benzene rings is 1. The van der Waals surface area contributed by atoms with Crippen molar-refractivity contribution in [2.75, 3.05) is 12.9 Å². The second-order valence-electron chi connectivity index (χ2n) is 6.70. The summed E-state index contributed by atoms with van der Waals surface area (Å²) in [6, 6.07) is 9.87. The Morgan fingerprint density at radius 2 is 2.11 bits per heavy atom. The summed E-state index contributed by atoms with van der Waals surface area (Å²) >= 11 is 1.33. The summed E-state index contributed by atoms with van der Waals surface area (Å²) < 4.78 is 7.16. The first-order chi connectivity index (χ1) is 13.0. The quantitative estimate of drug-likeness (QED) is 0.703. The van der Waals surface area contributed by atoms with Gasteiger partial charge in [0.1, 0.15) is 11.3 Å². The van der Waals surface area contributed by atoms with Crippen molar-refractivity contribution in [2.45, 2.75) is 43.9 Å². The van der Waals surface area contributed by atoms with Gasteiger partial charge in [-0.05, 0) is 56.9 Å². The van der Waals surface area contributed by atoms with Crippen molar-refractivity contribution in [2.24, 2.45) is 5.92 Å². The van der Waals surface area contributed by atoms with Crippen molar-refractivity contribution in [3.05, 3.63) is 24.3 Å². The van der Waals surface area contributed by atoms with E-state index in [4.69, 9.17) is 4.74 Å². The van der Waals surface area contributed by atoms with Gasteiger partial charge in [-0.25, -0.2) is 0 Å². The van der Waals surface area contributed by atoms with Gasteiger partial charge < -0.3 is 14.6 Å². The summed E-state index contributed by atoms with van der Waals surface area (Å²) in [6.07, 6.45) is 1.99. The monoisotopic (exact) mass is 385 g/mol. The smallest absolute Gasteiger partial charge is 0.231 e. The van der Waals surface area contributed by atoms with Crippen molar-refractivity contribution >= 4 is 17.7 Å². The van der Waals surface area contributed by atoms with Crippen molar-refractivity contribution in [3.8, 4) is 23.2 Å². The molecule has 1 aliphatic rings. The minimum Gasteiger partial charge on any atom is -0.497 e. The number of carbonyl (C=O) groups excluding carboxylic acids is 1. The molecule has 1 aromatic carbocycles. The van der Waals surface area contributed by atoms with Crippen LogP contribution in [0.4, 0.5) is 0 Å². The number of rotatable bonds is 8. The van der Waals surface area contributed by atoms with E-state index in [2.05, 4.69) is 21.6 Å². The largest absolute Gasteiger partial charge is 0.497 e. The van der Waals surface area contributed by atoms with Crippen LogP contribution in [0.5, 0.6) is 5.75 Å². The van der Waals surface area contributed by atoms with Gasteiger partial charge in [-0.1, -0.05) is 11.8 Å². The second-order valence-corrected chi connectivity index (χ2v) is 7.65. The van der Waals surface area contributed by atoms with Crippen LogP contribution in [0.15, 0.2) is 29.4 Å². The highest BCUT2D eigenvalue weighted by atomic mass is 32.2. The van der Waals surface area contributed by atoms with E-state index in [9.17, 15) is 10.1 Å². The number of amides is 1. The molecule has 0 saturated heterocycles. The third-order valence-electron chi connectivity index (χ3n) is 4.74. The molecule has 0 radical (unpaired) electrons. The highest BCUT2D eigenvalue weighted by Crippen LogP contribution is 2.39. The average molecular weight is 385 g/mol. The summed E-state index contributed by atoms with van der Waals surface area (Å²) in [5.74, 6) is 1.83. The lowest BCUT2D eigenvalue weighted by molar-refractivity contribution is -0.119. The summed E-state index contributed by atoms with van der Waals surface area (Å²) in [7, 11) is 1.63. The molecule has 2 aromatic rings. The first kappa shape index (κ1) is 19.2. The molecule has 1 saturated carbocycles. The number of nitriles is 1. The number of thioether (sulfide) groups is 1. The van der Waals surface area contributed by atoms with E-state index in [0.29, 0.717) is 11.7 Å². The van der Waals surface area contributed by atoms with Crippen LogP contribution in [0.2, 0.25) is 0 Å². The summed E-state index contributed by atoms with van der Waals surface area (Å²) in [6.45, 7) is 4.50. The summed E-state index contributed by atoms with van der Waals surface area (Å²) in [5.41, 5.74) is 0.164. The minimum atomic E-state index is -0.773. The Morgan fingerprint density at radius 3 is 2.67 bits per heavy atom. The molecule has 1 aliphatic carbocycles. The SMILES string of the molecule is CCn1c(SCC(=O)N[C@](C)(C#N)C2CC2)nnc1-c1ccc(OC)cc1. The Bertz CT molecular complexity index is 854. The van der Waals surface area contributed by atoms with E-state index in [-0.39, 0.29) is 17.6 Å². The molecular formula is C19H23N5O2S. The third-order valence-corrected chi connectivity index (χ3v) is 5.71. The van der Waals surface area contributed by atoms with Crippen LogP contribution < -0.4 is 10.1 Å². The molecule has 1 N–H and O–H groups in total. The van der Waals surface area contributed by atoms with Crippen LogP contribution in [0.1, 0.15) is 26.7 Å². The van der Waals surface area contributed by atoms with Gasteiger partial charge in [0.2, 0.25) is 5.91 Å². The first-order valence-corrected chi connectivity index (χ1v) is 9.92. The maximum atomic E-state index is 12.3. The zero-order chi connectivity index (χ0) is 19.4. The van der Waals surface area contributed by atoms with Gasteiger partial charge in [0, 0.05) is 12.1 Å². The van der Waals surface area contributed by atoms with Gasteiger partial charge in [0.15, 0.2) is 11.0 Å². The zero-order valence-corrected chi connectivity index (χ0v) is 16.5. The lowest BCUT2D eigenvalue weighted by Crippen LogP contribution is -2.47. The van der Waals surface area contributed by atoms with E-state index in [0.717, 1.165) is 30.0 Å². The van der Waals surface area contributed by atoms with Gasteiger partial charge in [-0.2, -0.15) is 5.26 Å². The number of hydrogen-bond donors (Lipinski definition) is 1. The Morgan fingerprint density at radius 1 is 1.41 bits per heavy atom.